The maximum atomic E-state index is 14.5. The summed E-state index contributed by atoms with van der Waals surface area (Å²) in [5, 5.41) is 61.4. The molecule has 0 unspecified atom stereocenters. The molecule has 82 heavy (non-hydrogen) atoms. The lowest BCUT2D eigenvalue weighted by molar-refractivity contribution is -0.143. The molecule has 0 bridgehead atoms. The number of aromatic nitrogens is 1. The Morgan fingerprint density at radius 2 is 1.01 bits per heavy atom. The van der Waals surface area contributed by atoms with Crippen molar-refractivity contribution in [3.8, 4) is 5.75 Å². The number of phenolic OH excluding ortho intramolecular Hbond substituents is 1. The molecular weight excluding hydrogens is 1070 g/mol. The number of benzene rings is 2. The van der Waals surface area contributed by atoms with Gasteiger partial charge in [0.1, 0.15) is 48.0 Å². The number of unbranched alkanes of at least 4 members (excludes halogenated alkanes) is 1. The lowest BCUT2D eigenvalue weighted by Gasteiger charge is -2.27. The number of carbonyl (C=O) groups excluding carboxylic acids is 9. The Morgan fingerprint density at radius 1 is 0.537 bits per heavy atom. The van der Waals surface area contributed by atoms with E-state index in [-0.39, 0.29) is 50.3 Å². The summed E-state index contributed by atoms with van der Waals surface area (Å²) in [6, 6.07) is 1.51. The molecule has 0 saturated carbocycles. The lowest BCUT2D eigenvalue weighted by Crippen LogP contribution is -2.59. The normalized spacial score (nSPS) is 14.1. The molecule has 3 aromatic rings. The Bertz CT molecular complexity index is 2710. The Hall–Kier alpha value is -8.66. The second kappa shape index (κ2) is 33.8. The minimum absolute atomic E-state index is 0.0467. The van der Waals surface area contributed by atoms with Gasteiger partial charge in [0, 0.05) is 42.8 Å². The summed E-state index contributed by atoms with van der Waals surface area (Å²) in [6.45, 7) is 6.84. The smallest absolute Gasteiger partial charge is 0.326 e. The summed E-state index contributed by atoms with van der Waals surface area (Å²) in [5.41, 5.74) is 13.0. The van der Waals surface area contributed by atoms with Gasteiger partial charge >= 0.3 is 17.9 Å². The molecule has 0 aliphatic carbocycles. The number of aromatic hydroxyl groups is 1. The summed E-state index contributed by atoms with van der Waals surface area (Å²) in [4.78, 5) is 161. The number of amides is 9. The molecule has 28 nitrogen and oxygen atoms in total. The van der Waals surface area contributed by atoms with Crippen LogP contribution in [0.2, 0.25) is 0 Å². The fourth-order valence-electron chi connectivity index (χ4n) is 8.30. The molecule has 1 aromatic heterocycles. The summed E-state index contributed by atoms with van der Waals surface area (Å²) in [5.74, 6) is -13.0. The minimum atomic E-state index is -1.75. The Kier molecular flexibility index (Phi) is 27.9. The highest BCUT2D eigenvalue weighted by atomic mass is 16.4. The van der Waals surface area contributed by atoms with Crippen LogP contribution in [0.3, 0.4) is 0 Å². The minimum Gasteiger partial charge on any atom is -0.508 e. The number of carboxylic acid groups (broad SMARTS) is 3. The number of carbonyl (C=O) groups is 12. The maximum Gasteiger partial charge on any atom is 0.326 e. The predicted molar refractivity (Wildman–Crippen MR) is 296 cm³/mol. The number of fused-ring (bicyclic) bond motifs is 1. The lowest BCUT2D eigenvalue weighted by atomic mass is 10.0. The van der Waals surface area contributed by atoms with Crippen molar-refractivity contribution < 1.29 is 78.0 Å². The van der Waals surface area contributed by atoms with Crippen molar-refractivity contribution in [1.82, 2.24) is 52.8 Å². The van der Waals surface area contributed by atoms with Gasteiger partial charge in [0.05, 0.1) is 19.1 Å². The van der Waals surface area contributed by atoms with E-state index in [0.29, 0.717) is 28.5 Å². The topological polar surface area (TPSA) is 462 Å². The quantitative estimate of drug-likeness (QED) is 0.0288. The van der Waals surface area contributed by atoms with Crippen molar-refractivity contribution in [3.63, 3.8) is 0 Å². The predicted octanol–water partition coefficient (Wildman–Crippen LogP) is -1.72. The van der Waals surface area contributed by atoms with E-state index in [1.54, 1.807) is 58.2 Å². The van der Waals surface area contributed by atoms with Gasteiger partial charge in [-0.2, -0.15) is 0 Å². The molecule has 9 amide bonds. The highest BCUT2D eigenvalue weighted by Crippen LogP contribution is 2.20. The third kappa shape index (κ3) is 23.6. The van der Waals surface area contributed by atoms with Crippen LogP contribution in [0.5, 0.6) is 5.75 Å². The molecule has 0 spiro atoms. The van der Waals surface area contributed by atoms with Crippen molar-refractivity contribution in [2.45, 2.75) is 147 Å². The van der Waals surface area contributed by atoms with Gasteiger partial charge in [0.25, 0.3) is 0 Å². The van der Waals surface area contributed by atoms with Crippen LogP contribution in [0, 0.1) is 11.8 Å². The number of rotatable bonds is 36. The summed E-state index contributed by atoms with van der Waals surface area (Å²) < 4.78 is 0. The van der Waals surface area contributed by atoms with Crippen LogP contribution in [0.4, 0.5) is 0 Å². The molecule has 0 aliphatic heterocycles. The van der Waals surface area contributed by atoms with E-state index < -0.39 is 164 Å². The zero-order valence-electron chi connectivity index (χ0n) is 46.5. The standard InChI is InChI=1S/C54H78N12O16/c1-28(2)22-39(64-47(74)30(5)56)49(76)59-26-42(68)60-37(17-19-44(70)71)50(77)63-38(18-20-45(72)73)51(78)65-41(24-32-25-57-35-11-7-6-10-34(32)35)52(79)62-36(12-8-9-21-55)48(75)58-27-43(69)61-40(23-31-13-15-33(67)16-14-31)53(80)66-46(29(3)4)54(81)82/h6-7,10-11,13-16,25,28-30,36-41,46,57,67H,8-9,12,17-24,26-27,55-56H2,1-5H3,(H,58,75)(H,59,76)(H,60,68)(H,61,69)(H,62,79)(H,63,77)(H,64,74)(H,65,78)(H,66,80)(H,70,71)(H,72,73)(H,81,82)/t30-,36-,37-,38-,39-,40-,41-,46-/m0/s1. The molecule has 3 rings (SSSR count). The number of H-pyrrole nitrogens is 1. The molecule has 0 fully saturated rings. The van der Waals surface area contributed by atoms with Gasteiger partial charge in [-0.3, -0.25) is 52.7 Å². The zero-order chi connectivity index (χ0) is 61.2. The van der Waals surface area contributed by atoms with Crippen molar-refractivity contribution >= 4 is 82.0 Å². The SMILES string of the molecule is CC(C)C[C@H](NC(=O)[C@H](C)N)C(=O)NCC(=O)N[C@@H](CCC(=O)O)C(=O)N[C@@H](CCC(=O)O)C(=O)N[C@@H](Cc1c[nH]c2ccccc12)C(=O)N[C@@H](CCCCN)C(=O)NCC(=O)N[C@@H](Cc1ccc(O)cc1)C(=O)N[C@H](C(=O)O)C(C)C. The fourth-order valence-corrected chi connectivity index (χ4v) is 8.30. The third-order valence-corrected chi connectivity index (χ3v) is 12.7. The summed E-state index contributed by atoms with van der Waals surface area (Å²) in [7, 11) is 0. The first kappa shape index (κ1) is 67.6. The molecule has 0 aliphatic rings. The van der Waals surface area contributed by atoms with E-state index in [9.17, 15) is 78.0 Å². The van der Waals surface area contributed by atoms with Gasteiger partial charge in [-0.15, -0.1) is 0 Å². The average molecular weight is 1150 g/mol. The van der Waals surface area contributed by atoms with Crippen molar-refractivity contribution in [3.05, 3.63) is 65.9 Å². The number of aromatic amines is 1. The molecule has 0 saturated heterocycles. The van der Waals surface area contributed by atoms with Crippen molar-refractivity contribution in [2.24, 2.45) is 23.3 Å². The van der Waals surface area contributed by atoms with Gasteiger partial charge in [-0.25, -0.2) is 4.79 Å². The largest absolute Gasteiger partial charge is 0.508 e. The van der Waals surface area contributed by atoms with E-state index >= 15 is 0 Å². The highest BCUT2D eigenvalue weighted by molar-refractivity contribution is 5.98. The molecule has 0 radical (unpaired) electrons. The number of hydrogen-bond donors (Lipinski definition) is 16. The number of aliphatic carboxylic acids is 3. The molecule has 2 aromatic carbocycles. The zero-order valence-corrected chi connectivity index (χ0v) is 46.5. The second-order valence-corrected chi connectivity index (χ2v) is 20.5. The van der Waals surface area contributed by atoms with Crippen LogP contribution in [-0.2, 0) is 70.4 Å². The van der Waals surface area contributed by atoms with Gasteiger partial charge in [0.15, 0.2) is 0 Å². The number of carboxylic acids is 3. The Balaban J connectivity index is 1.91. The summed E-state index contributed by atoms with van der Waals surface area (Å²) in [6.07, 6.45) is -0.590. The van der Waals surface area contributed by atoms with Crippen LogP contribution in [0.25, 0.3) is 10.9 Å². The van der Waals surface area contributed by atoms with Crippen LogP contribution < -0.4 is 59.3 Å². The van der Waals surface area contributed by atoms with Gasteiger partial charge in [-0.1, -0.05) is 58.0 Å². The average Bonchev–Trinajstić information content (AvgIpc) is 3.85. The van der Waals surface area contributed by atoms with Crippen LogP contribution in [-0.4, -0.2) is 164 Å². The van der Waals surface area contributed by atoms with E-state index in [2.05, 4.69) is 52.8 Å². The molecule has 8 atom stereocenters. The number of hydrogen-bond acceptors (Lipinski definition) is 15. The molecule has 450 valence electrons. The molecule has 18 N–H and O–H groups in total. The van der Waals surface area contributed by atoms with Gasteiger partial charge in [0.2, 0.25) is 53.2 Å². The maximum absolute atomic E-state index is 14.5. The first-order valence-electron chi connectivity index (χ1n) is 26.8. The second-order valence-electron chi connectivity index (χ2n) is 20.5. The fraction of sp³-hybridized carbons (Fsp3) is 0.519. The Labute approximate surface area is 473 Å². The summed E-state index contributed by atoms with van der Waals surface area (Å²) >= 11 is 0. The number of phenols is 1. The van der Waals surface area contributed by atoms with Crippen LogP contribution >= 0.6 is 0 Å². The third-order valence-electron chi connectivity index (χ3n) is 12.7. The van der Waals surface area contributed by atoms with E-state index in [1.165, 1.54) is 31.2 Å². The van der Waals surface area contributed by atoms with E-state index in [1.807, 2.05) is 0 Å². The first-order chi connectivity index (χ1) is 38.7. The van der Waals surface area contributed by atoms with E-state index in [0.717, 1.165) is 0 Å². The van der Waals surface area contributed by atoms with Crippen molar-refractivity contribution in [2.75, 3.05) is 19.6 Å². The van der Waals surface area contributed by atoms with Gasteiger partial charge < -0.3 is 84.7 Å². The molecule has 28 heteroatoms. The molecular formula is C54H78N12O16. The number of nitrogens with one attached hydrogen (secondary N) is 10. The Morgan fingerprint density at radius 3 is 1.54 bits per heavy atom. The van der Waals surface area contributed by atoms with Crippen LogP contribution in [0.1, 0.15) is 97.1 Å². The monoisotopic (exact) mass is 1150 g/mol. The van der Waals surface area contributed by atoms with Gasteiger partial charge in [-0.05, 0) is 93.2 Å². The van der Waals surface area contributed by atoms with Crippen molar-refractivity contribution in [1.29, 1.82) is 0 Å². The van der Waals surface area contributed by atoms with Crippen LogP contribution in [0.15, 0.2) is 54.7 Å². The highest BCUT2D eigenvalue weighted by Gasteiger charge is 2.34. The molecule has 1 heterocycles. The first-order valence-corrected chi connectivity index (χ1v) is 26.8. The number of para-hydroxylation sites is 1. The van der Waals surface area contributed by atoms with E-state index in [4.69, 9.17) is 11.5 Å². The number of nitrogens with two attached hydrogens (primary N) is 2.